The van der Waals surface area contributed by atoms with Crippen LogP contribution in [0.25, 0.3) is 0 Å². The first kappa shape index (κ1) is 19.8. The van der Waals surface area contributed by atoms with Gasteiger partial charge in [-0.05, 0) is 26.2 Å². The average molecular weight is 392 g/mol. The van der Waals surface area contributed by atoms with Crippen LogP contribution < -0.4 is 10.6 Å². The normalized spacial score (nSPS) is 17.4. The van der Waals surface area contributed by atoms with Crippen molar-refractivity contribution in [3.05, 3.63) is 27.7 Å². The Morgan fingerprint density at radius 3 is 2.96 bits per heavy atom. The van der Waals surface area contributed by atoms with E-state index < -0.39 is 0 Å². The molecule has 2 N–H and O–H groups in total. The zero-order valence-corrected chi connectivity index (χ0v) is 17.2. The third-order valence-electron chi connectivity index (χ3n) is 4.66. The van der Waals surface area contributed by atoms with Crippen molar-refractivity contribution in [3.63, 3.8) is 0 Å². The van der Waals surface area contributed by atoms with Gasteiger partial charge in [-0.25, -0.2) is 9.98 Å². The van der Waals surface area contributed by atoms with Crippen LogP contribution in [0.2, 0.25) is 0 Å². The fraction of sp³-hybridized carbons (Fsp3) is 0.667. The monoisotopic (exact) mass is 391 g/mol. The predicted octanol–water partition coefficient (Wildman–Crippen LogP) is 1.60. The highest BCUT2D eigenvalue weighted by Crippen LogP contribution is 2.13. The second-order valence-electron chi connectivity index (χ2n) is 6.65. The summed E-state index contributed by atoms with van der Waals surface area (Å²) in [4.78, 5) is 10.5. The van der Waals surface area contributed by atoms with Gasteiger partial charge in [0.15, 0.2) is 11.8 Å². The summed E-state index contributed by atoms with van der Waals surface area (Å²) in [5, 5.41) is 16.2. The molecular formula is C18H29N7OS. The topological polar surface area (TPSA) is 89.3 Å². The van der Waals surface area contributed by atoms with E-state index >= 15 is 0 Å². The van der Waals surface area contributed by atoms with Gasteiger partial charge in [0.05, 0.1) is 11.1 Å². The van der Waals surface area contributed by atoms with Crippen LogP contribution >= 0.6 is 11.3 Å². The molecule has 0 amide bonds. The maximum absolute atomic E-state index is 5.70. The number of thiazole rings is 1. The molecule has 3 rings (SSSR count). The summed E-state index contributed by atoms with van der Waals surface area (Å²) in [6.45, 7) is 6.98. The van der Waals surface area contributed by atoms with Crippen molar-refractivity contribution in [1.82, 2.24) is 30.4 Å². The Balaban J connectivity index is 1.55. The molecule has 148 valence electrons. The molecular weight excluding hydrogens is 362 g/mol. The lowest BCUT2D eigenvalue weighted by molar-refractivity contribution is 0.114. The summed E-state index contributed by atoms with van der Waals surface area (Å²) in [6, 6.07) is 0. The molecule has 2 aromatic heterocycles. The maximum atomic E-state index is 5.70. The first-order valence-corrected chi connectivity index (χ1v) is 10.4. The smallest absolute Gasteiger partial charge is 0.191 e. The zero-order valence-electron chi connectivity index (χ0n) is 16.4. The van der Waals surface area contributed by atoms with E-state index in [9.17, 15) is 0 Å². The molecule has 0 spiro atoms. The molecule has 0 aliphatic carbocycles. The number of aliphatic imine (C=N–C) groups is 1. The lowest BCUT2D eigenvalue weighted by Crippen LogP contribution is -2.42. The number of ether oxygens (including phenoxy) is 1. The van der Waals surface area contributed by atoms with Crippen molar-refractivity contribution in [2.24, 2.45) is 12.0 Å². The highest BCUT2D eigenvalue weighted by molar-refractivity contribution is 7.11. The van der Waals surface area contributed by atoms with E-state index in [1.807, 2.05) is 24.7 Å². The Kier molecular flexibility index (Phi) is 7.17. The second kappa shape index (κ2) is 9.80. The molecule has 0 radical (unpaired) electrons. The molecule has 2 aromatic rings. The van der Waals surface area contributed by atoms with Gasteiger partial charge in [-0.1, -0.05) is 6.92 Å². The molecule has 27 heavy (non-hydrogen) atoms. The van der Waals surface area contributed by atoms with Crippen molar-refractivity contribution in [3.8, 4) is 0 Å². The summed E-state index contributed by atoms with van der Waals surface area (Å²) < 4.78 is 7.66. The molecule has 0 aromatic carbocycles. The van der Waals surface area contributed by atoms with Gasteiger partial charge in [0.1, 0.15) is 12.4 Å². The van der Waals surface area contributed by atoms with Gasteiger partial charge >= 0.3 is 0 Å². The van der Waals surface area contributed by atoms with E-state index in [-0.39, 0.29) is 6.10 Å². The Morgan fingerprint density at radius 2 is 2.30 bits per heavy atom. The van der Waals surface area contributed by atoms with Crippen LogP contribution in [-0.2, 0) is 31.2 Å². The lowest BCUT2D eigenvalue weighted by Gasteiger charge is -2.15. The van der Waals surface area contributed by atoms with Crippen LogP contribution in [0.4, 0.5) is 0 Å². The zero-order chi connectivity index (χ0) is 19.1. The van der Waals surface area contributed by atoms with E-state index in [0.717, 1.165) is 68.0 Å². The van der Waals surface area contributed by atoms with E-state index in [4.69, 9.17) is 4.74 Å². The van der Waals surface area contributed by atoms with Crippen LogP contribution in [0, 0.1) is 6.92 Å². The third kappa shape index (κ3) is 5.74. The van der Waals surface area contributed by atoms with E-state index in [2.05, 4.69) is 37.7 Å². The standard InChI is InChI=1S/C18H29N7OS/c1-4-15-11-20-17(27-15)7-8-19-18(21-10-14-6-5-9-26-14)22-12-16-24-23-13(2)25(16)3/h11,14H,4-10,12H2,1-3H3,(H2,19,21,22). The number of rotatable bonds is 8. The van der Waals surface area contributed by atoms with Gasteiger partial charge in [-0.2, -0.15) is 0 Å². The van der Waals surface area contributed by atoms with Crippen LogP contribution in [0.5, 0.6) is 0 Å². The molecule has 0 bridgehead atoms. The van der Waals surface area contributed by atoms with Crippen LogP contribution in [-0.4, -0.2) is 51.5 Å². The molecule has 8 nitrogen and oxygen atoms in total. The van der Waals surface area contributed by atoms with Gasteiger partial charge in [-0.15, -0.1) is 21.5 Å². The summed E-state index contributed by atoms with van der Waals surface area (Å²) in [5.41, 5.74) is 0. The Hall–Kier alpha value is -2.00. The van der Waals surface area contributed by atoms with Gasteiger partial charge in [0, 0.05) is 44.2 Å². The largest absolute Gasteiger partial charge is 0.376 e. The van der Waals surface area contributed by atoms with Crippen LogP contribution in [0.15, 0.2) is 11.2 Å². The Labute approximate surface area is 164 Å². The van der Waals surface area contributed by atoms with Gasteiger partial charge in [0.2, 0.25) is 0 Å². The summed E-state index contributed by atoms with van der Waals surface area (Å²) in [7, 11) is 1.96. The van der Waals surface area contributed by atoms with Gasteiger partial charge in [0.25, 0.3) is 0 Å². The number of hydrogen-bond donors (Lipinski definition) is 2. The number of guanidine groups is 1. The first-order chi connectivity index (χ1) is 13.2. The first-order valence-electron chi connectivity index (χ1n) is 9.58. The SMILES string of the molecule is CCc1cnc(CCNC(=NCc2nnc(C)n2C)NCC2CCCO2)s1. The van der Waals surface area contributed by atoms with Crippen molar-refractivity contribution >= 4 is 17.3 Å². The minimum atomic E-state index is 0.264. The molecule has 1 aliphatic heterocycles. The highest BCUT2D eigenvalue weighted by Gasteiger charge is 2.15. The van der Waals surface area contributed by atoms with Crippen LogP contribution in [0.1, 0.15) is 41.3 Å². The number of hydrogen-bond acceptors (Lipinski definition) is 6. The second-order valence-corrected chi connectivity index (χ2v) is 7.85. The van der Waals surface area contributed by atoms with Crippen molar-refractivity contribution < 1.29 is 4.74 Å². The number of nitrogens with zero attached hydrogens (tertiary/aromatic N) is 5. The van der Waals surface area contributed by atoms with Crippen molar-refractivity contribution in [1.29, 1.82) is 0 Å². The van der Waals surface area contributed by atoms with Crippen molar-refractivity contribution in [2.45, 2.75) is 52.2 Å². The molecule has 1 saturated heterocycles. The summed E-state index contributed by atoms with van der Waals surface area (Å²) >= 11 is 1.78. The van der Waals surface area contributed by atoms with Crippen LogP contribution in [0.3, 0.4) is 0 Å². The Bertz CT molecular complexity index is 749. The molecule has 1 atom stereocenters. The minimum absolute atomic E-state index is 0.264. The Morgan fingerprint density at radius 1 is 1.41 bits per heavy atom. The lowest BCUT2D eigenvalue weighted by atomic mass is 10.2. The number of aryl methyl sites for hydroxylation is 2. The maximum Gasteiger partial charge on any atom is 0.191 e. The molecule has 9 heteroatoms. The molecule has 1 unspecified atom stereocenters. The summed E-state index contributed by atoms with van der Waals surface area (Å²) in [5.74, 6) is 2.51. The van der Waals surface area contributed by atoms with Gasteiger partial charge in [-0.3, -0.25) is 0 Å². The number of nitrogens with one attached hydrogen (secondary N) is 2. The summed E-state index contributed by atoms with van der Waals surface area (Å²) in [6.07, 6.45) is 6.39. The van der Waals surface area contributed by atoms with Crippen molar-refractivity contribution in [2.75, 3.05) is 19.7 Å². The fourth-order valence-corrected chi connectivity index (χ4v) is 3.71. The third-order valence-corrected chi connectivity index (χ3v) is 5.87. The molecule has 0 saturated carbocycles. The number of aromatic nitrogens is 4. The quantitative estimate of drug-likeness (QED) is 0.525. The van der Waals surface area contributed by atoms with E-state index in [1.54, 1.807) is 11.3 Å². The van der Waals surface area contributed by atoms with E-state index in [1.165, 1.54) is 4.88 Å². The highest BCUT2D eigenvalue weighted by atomic mass is 32.1. The predicted molar refractivity (Wildman–Crippen MR) is 107 cm³/mol. The average Bonchev–Trinajstić information content (AvgIpc) is 3.41. The molecule has 3 heterocycles. The fourth-order valence-electron chi connectivity index (χ4n) is 2.84. The van der Waals surface area contributed by atoms with E-state index in [0.29, 0.717) is 6.54 Å². The van der Waals surface area contributed by atoms with Gasteiger partial charge < -0.3 is 19.9 Å². The molecule has 1 fully saturated rings. The minimum Gasteiger partial charge on any atom is -0.376 e. The molecule has 1 aliphatic rings.